The Bertz CT molecular complexity index is 513. The third-order valence-electron chi connectivity index (χ3n) is 2.71. The molecule has 0 aliphatic rings. The van der Waals surface area contributed by atoms with Crippen LogP contribution in [0.3, 0.4) is 0 Å². The molecule has 0 bridgehead atoms. The van der Waals surface area contributed by atoms with E-state index in [0.717, 1.165) is 0 Å². The second kappa shape index (κ2) is 8.03. The quantitative estimate of drug-likeness (QED) is 0.822. The molecule has 21 heavy (non-hydrogen) atoms. The first kappa shape index (κ1) is 17.5. The number of amides is 2. The average Bonchev–Trinajstić information content (AvgIpc) is 2.30. The lowest BCUT2D eigenvalue weighted by Crippen LogP contribution is -2.15. The van der Waals surface area contributed by atoms with Crippen molar-refractivity contribution in [2.24, 2.45) is 11.8 Å². The molecule has 0 unspecified atom stereocenters. The molecule has 0 aliphatic heterocycles. The molecule has 0 aliphatic carbocycles. The molecule has 1 aromatic rings. The van der Waals surface area contributed by atoms with Crippen molar-refractivity contribution in [2.75, 3.05) is 10.6 Å². The molecule has 1 rings (SSSR count). The summed E-state index contributed by atoms with van der Waals surface area (Å²) in [5.74, 6) is 0.481. The van der Waals surface area contributed by atoms with E-state index in [4.69, 9.17) is 11.6 Å². The van der Waals surface area contributed by atoms with Crippen molar-refractivity contribution in [1.82, 2.24) is 0 Å². The van der Waals surface area contributed by atoms with Crippen LogP contribution >= 0.6 is 11.6 Å². The minimum atomic E-state index is -0.0662. The molecular formula is C16H23ClN2O2. The van der Waals surface area contributed by atoms with Crippen LogP contribution in [0.25, 0.3) is 0 Å². The zero-order chi connectivity index (χ0) is 16.0. The first-order valence-electron chi connectivity index (χ1n) is 7.17. The van der Waals surface area contributed by atoms with E-state index in [2.05, 4.69) is 10.6 Å². The Morgan fingerprint density at radius 1 is 1.00 bits per heavy atom. The number of halogens is 1. The van der Waals surface area contributed by atoms with Crippen LogP contribution in [0.1, 0.15) is 40.5 Å². The van der Waals surface area contributed by atoms with E-state index in [9.17, 15) is 9.59 Å². The number of carbonyl (C=O) groups excluding carboxylic acids is 2. The maximum atomic E-state index is 11.7. The number of anilines is 2. The molecule has 0 aromatic heterocycles. The van der Waals surface area contributed by atoms with Crippen LogP contribution in [0.4, 0.5) is 11.4 Å². The summed E-state index contributed by atoms with van der Waals surface area (Å²) >= 11 is 6.13. The van der Waals surface area contributed by atoms with Crippen LogP contribution in [0.15, 0.2) is 18.2 Å². The lowest BCUT2D eigenvalue weighted by atomic mass is 10.1. The van der Waals surface area contributed by atoms with E-state index < -0.39 is 0 Å². The number of hydrogen-bond acceptors (Lipinski definition) is 2. The third kappa shape index (κ3) is 6.63. The van der Waals surface area contributed by atoms with Gasteiger partial charge in [-0.05, 0) is 30.0 Å². The van der Waals surface area contributed by atoms with Gasteiger partial charge >= 0.3 is 0 Å². The van der Waals surface area contributed by atoms with Crippen molar-refractivity contribution >= 4 is 34.8 Å². The molecule has 0 saturated heterocycles. The van der Waals surface area contributed by atoms with Gasteiger partial charge in [-0.15, -0.1) is 0 Å². The Morgan fingerprint density at radius 3 is 2.00 bits per heavy atom. The maximum absolute atomic E-state index is 11.7. The van der Waals surface area contributed by atoms with Crippen LogP contribution in [-0.4, -0.2) is 11.8 Å². The zero-order valence-electron chi connectivity index (χ0n) is 13.0. The summed E-state index contributed by atoms with van der Waals surface area (Å²) in [6.45, 7) is 7.93. The number of hydrogen-bond donors (Lipinski definition) is 2. The third-order valence-corrected chi connectivity index (χ3v) is 3.03. The molecule has 0 atom stereocenters. The molecule has 0 saturated carbocycles. The zero-order valence-corrected chi connectivity index (χ0v) is 13.8. The normalized spacial score (nSPS) is 10.8. The monoisotopic (exact) mass is 310 g/mol. The highest BCUT2D eigenvalue weighted by Crippen LogP contribution is 2.26. The van der Waals surface area contributed by atoms with E-state index in [0.29, 0.717) is 41.1 Å². The van der Waals surface area contributed by atoms with E-state index >= 15 is 0 Å². The fraction of sp³-hybridized carbons (Fsp3) is 0.500. The molecule has 4 nitrogen and oxygen atoms in total. The van der Waals surface area contributed by atoms with Crippen molar-refractivity contribution in [3.63, 3.8) is 0 Å². The van der Waals surface area contributed by atoms with E-state index in [1.807, 2.05) is 27.7 Å². The highest BCUT2D eigenvalue weighted by molar-refractivity contribution is 6.34. The van der Waals surface area contributed by atoms with Crippen LogP contribution < -0.4 is 10.6 Å². The van der Waals surface area contributed by atoms with Gasteiger partial charge in [0.2, 0.25) is 11.8 Å². The maximum Gasteiger partial charge on any atom is 0.224 e. The van der Waals surface area contributed by atoms with Gasteiger partial charge in [0.1, 0.15) is 0 Å². The molecule has 5 heteroatoms. The molecule has 2 N–H and O–H groups in total. The number of nitrogens with one attached hydrogen (secondary N) is 2. The minimum Gasteiger partial charge on any atom is -0.326 e. The van der Waals surface area contributed by atoms with E-state index in [-0.39, 0.29) is 11.8 Å². The van der Waals surface area contributed by atoms with Crippen LogP contribution in [-0.2, 0) is 9.59 Å². The summed E-state index contributed by atoms with van der Waals surface area (Å²) in [5, 5.41) is 5.97. The summed E-state index contributed by atoms with van der Waals surface area (Å²) in [5.41, 5.74) is 1.19. The Hall–Kier alpha value is -1.55. The summed E-state index contributed by atoms with van der Waals surface area (Å²) in [6, 6.07) is 5.07. The first-order valence-corrected chi connectivity index (χ1v) is 7.55. The predicted molar refractivity (Wildman–Crippen MR) is 87.6 cm³/mol. The molecule has 0 fully saturated rings. The SMILES string of the molecule is CC(C)CC(=O)Nc1ccc(NC(=O)CC(C)C)c(Cl)c1. The van der Waals surface area contributed by atoms with Gasteiger partial charge < -0.3 is 10.6 Å². The van der Waals surface area contributed by atoms with Crippen LogP contribution in [0.2, 0.25) is 5.02 Å². The van der Waals surface area contributed by atoms with Gasteiger partial charge in [-0.3, -0.25) is 9.59 Å². The minimum absolute atomic E-state index is 0.0438. The Kier molecular flexibility index (Phi) is 6.69. The van der Waals surface area contributed by atoms with Gasteiger partial charge in [0, 0.05) is 18.5 Å². The van der Waals surface area contributed by atoms with Crippen LogP contribution in [0.5, 0.6) is 0 Å². The van der Waals surface area contributed by atoms with Crippen molar-refractivity contribution in [3.05, 3.63) is 23.2 Å². The number of carbonyl (C=O) groups is 2. The summed E-state index contributed by atoms with van der Waals surface area (Å²) in [6.07, 6.45) is 0.910. The number of benzene rings is 1. The predicted octanol–water partition coefficient (Wildman–Crippen LogP) is 4.31. The highest BCUT2D eigenvalue weighted by Gasteiger charge is 2.10. The Morgan fingerprint density at radius 2 is 1.52 bits per heavy atom. The van der Waals surface area contributed by atoms with Crippen molar-refractivity contribution < 1.29 is 9.59 Å². The fourth-order valence-electron chi connectivity index (χ4n) is 1.85. The van der Waals surface area contributed by atoms with Crippen molar-refractivity contribution in [1.29, 1.82) is 0 Å². The topological polar surface area (TPSA) is 58.2 Å². The largest absolute Gasteiger partial charge is 0.326 e. The molecule has 0 heterocycles. The van der Waals surface area contributed by atoms with E-state index in [1.54, 1.807) is 18.2 Å². The number of rotatable bonds is 6. The lowest BCUT2D eigenvalue weighted by molar-refractivity contribution is -0.117. The Labute approximate surface area is 131 Å². The van der Waals surface area contributed by atoms with Gasteiger partial charge in [0.25, 0.3) is 0 Å². The first-order chi connectivity index (χ1) is 9.77. The fourth-order valence-corrected chi connectivity index (χ4v) is 2.08. The smallest absolute Gasteiger partial charge is 0.224 e. The van der Waals surface area contributed by atoms with Gasteiger partial charge in [0.15, 0.2) is 0 Å². The molecule has 1 aromatic carbocycles. The second-order valence-electron chi connectivity index (χ2n) is 5.99. The molecular weight excluding hydrogens is 288 g/mol. The standard InChI is InChI=1S/C16H23ClN2O2/c1-10(2)7-15(20)18-12-5-6-14(13(17)9-12)19-16(21)8-11(3)4/h5-6,9-11H,7-8H2,1-4H3,(H,18,20)(H,19,21). The molecule has 2 amide bonds. The van der Waals surface area contributed by atoms with Crippen molar-refractivity contribution in [2.45, 2.75) is 40.5 Å². The van der Waals surface area contributed by atoms with Gasteiger partial charge in [-0.2, -0.15) is 0 Å². The van der Waals surface area contributed by atoms with Gasteiger partial charge in [0.05, 0.1) is 10.7 Å². The summed E-state index contributed by atoms with van der Waals surface area (Å²) in [7, 11) is 0. The second-order valence-corrected chi connectivity index (χ2v) is 6.39. The van der Waals surface area contributed by atoms with E-state index in [1.165, 1.54) is 0 Å². The van der Waals surface area contributed by atoms with Crippen LogP contribution in [0, 0.1) is 11.8 Å². The van der Waals surface area contributed by atoms with Gasteiger partial charge in [-0.1, -0.05) is 39.3 Å². The Balaban J connectivity index is 2.67. The average molecular weight is 311 g/mol. The summed E-state index contributed by atoms with van der Waals surface area (Å²) < 4.78 is 0. The lowest BCUT2D eigenvalue weighted by Gasteiger charge is -2.11. The highest BCUT2D eigenvalue weighted by atomic mass is 35.5. The summed E-state index contributed by atoms with van der Waals surface area (Å²) in [4.78, 5) is 23.4. The molecule has 0 spiro atoms. The van der Waals surface area contributed by atoms with Crippen molar-refractivity contribution in [3.8, 4) is 0 Å². The van der Waals surface area contributed by atoms with Gasteiger partial charge in [-0.25, -0.2) is 0 Å². The molecule has 116 valence electrons. The molecule has 0 radical (unpaired) electrons.